The molecule has 0 unspecified atom stereocenters. The Kier molecular flexibility index (Phi) is 2.82. The fourth-order valence-corrected chi connectivity index (χ4v) is 1.90. The van der Waals surface area contributed by atoms with Crippen molar-refractivity contribution in [2.45, 2.75) is 12.1 Å². The van der Waals surface area contributed by atoms with E-state index in [1.54, 1.807) is 6.20 Å². The maximum atomic E-state index is 12.4. The Morgan fingerprint density at radius 2 is 1.84 bits per heavy atom. The van der Waals surface area contributed by atoms with Crippen molar-refractivity contribution < 1.29 is 17.6 Å². The number of aromatic nitrogens is 1. The van der Waals surface area contributed by atoms with E-state index in [9.17, 15) is 13.2 Å². The summed E-state index contributed by atoms with van der Waals surface area (Å²) in [6.45, 7) is 1.70. The van der Waals surface area contributed by atoms with Crippen molar-refractivity contribution in [1.29, 1.82) is 0 Å². The van der Waals surface area contributed by atoms with E-state index in [0.29, 0.717) is 17.4 Å². The molecule has 1 aromatic heterocycles. The molecule has 2 heterocycles. The van der Waals surface area contributed by atoms with Crippen LogP contribution in [0.5, 0.6) is 0 Å². The Balaban J connectivity index is 1.83. The highest BCUT2D eigenvalue weighted by molar-refractivity contribution is 5.54. The largest absolute Gasteiger partial charge is 0.441 e. The Morgan fingerprint density at radius 3 is 2.37 bits per heavy atom. The van der Waals surface area contributed by atoms with Crippen LogP contribution >= 0.6 is 0 Å². The molecule has 100 valence electrons. The minimum Gasteiger partial charge on any atom is -0.441 e. The topological polar surface area (TPSA) is 38.1 Å². The monoisotopic (exact) mass is 268 g/mol. The molecule has 1 aromatic carbocycles. The number of benzene rings is 1. The van der Waals surface area contributed by atoms with Gasteiger partial charge in [0.1, 0.15) is 5.76 Å². The fourth-order valence-electron chi connectivity index (χ4n) is 1.90. The highest BCUT2D eigenvalue weighted by Gasteiger charge is 2.30. The number of halogens is 3. The molecule has 0 radical (unpaired) electrons. The third kappa shape index (κ3) is 2.35. The standard InChI is InChI=1S/C13H11F3N2O/c14-13(15,16)10-3-1-8(2-4-10)12-18-7-11(19-12)9-5-17-6-9/h1-4,7,9,17H,5-6H2. The van der Waals surface area contributed by atoms with Crippen molar-refractivity contribution in [3.05, 3.63) is 41.8 Å². The molecule has 1 aliphatic heterocycles. The van der Waals surface area contributed by atoms with E-state index >= 15 is 0 Å². The van der Waals surface area contributed by atoms with Gasteiger partial charge in [0, 0.05) is 24.6 Å². The average molecular weight is 268 g/mol. The van der Waals surface area contributed by atoms with E-state index < -0.39 is 11.7 Å². The number of nitrogens with one attached hydrogen (secondary N) is 1. The number of hydrogen-bond donors (Lipinski definition) is 1. The van der Waals surface area contributed by atoms with E-state index in [4.69, 9.17) is 4.42 Å². The van der Waals surface area contributed by atoms with Gasteiger partial charge in [0.05, 0.1) is 11.8 Å². The smallest absolute Gasteiger partial charge is 0.416 e. The van der Waals surface area contributed by atoms with Gasteiger partial charge in [-0.3, -0.25) is 0 Å². The van der Waals surface area contributed by atoms with Gasteiger partial charge in [-0.1, -0.05) is 0 Å². The lowest BCUT2D eigenvalue weighted by Crippen LogP contribution is -2.39. The van der Waals surface area contributed by atoms with Crippen LogP contribution in [0.25, 0.3) is 11.5 Å². The second kappa shape index (κ2) is 4.38. The van der Waals surface area contributed by atoms with Gasteiger partial charge in [0.25, 0.3) is 0 Å². The Bertz CT molecular complexity index is 570. The lowest BCUT2D eigenvalue weighted by atomic mass is 10.0. The van der Waals surface area contributed by atoms with Gasteiger partial charge in [-0.25, -0.2) is 4.98 Å². The molecule has 1 saturated heterocycles. The third-order valence-corrected chi connectivity index (χ3v) is 3.17. The first-order chi connectivity index (χ1) is 9.04. The molecular formula is C13H11F3N2O. The van der Waals surface area contributed by atoms with Crippen LogP contribution in [0.3, 0.4) is 0 Å². The van der Waals surface area contributed by atoms with Gasteiger partial charge >= 0.3 is 6.18 Å². The van der Waals surface area contributed by atoms with E-state index in [1.165, 1.54) is 12.1 Å². The molecule has 3 nitrogen and oxygen atoms in total. The molecule has 0 atom stereocenters. The molecule has 0 amide bonds. The highest BCUT2D eigenvalue weighted by atomic mass is 19.4. The summed E-state index contributed by atoms with van der Waals surface area (Å²) >= 11 is 0. The minimum atomic E-state index is -4.32. The van der Waals surface area contributed by atoms with Crippen LogP contribution in [0.1, 0.15) is 17.2 Å². The molecule has 6 heteroatoms. The van der Waals surface area contributed by atoms with Crippen molar-refractivity contribution in [1.82, 2.24) is 10.3 Å². The highest BCUT2D eigenvalue weighted by Crippen LogP contribution is 2.31. The van der Waals surface area contributed by atoms with Crippen molar-refractivity contribution in [3.63, 3.8) is 0 Å². The lowest BCUT2D eigenvalue weighted by molar-refractivity contribution is -0.137. The number of hydrogen-bond acceptors (Lipinski definition) is 3. The van der Waals surface area contributed by atoms with Crippen molar-refractivity contribution >= 4 is 0 Å². The molecule has 1 fully saturated rings. The normalized spacial score (nSPS) is 16.4. The number of oxazole rings is 1. The lowest BCUT2D eigenvalue weighted by Gasteiger charge is -2.24. The molecule has 2 aromatic rings. The predicted molar refractivity (Wildman–Crippen MR) is 62.6 cm³/mol. The summed E-state index contributed by atoms with van der Waals surface area (Å²) in [7, 11) is 0. The maximum Gasteiger partial charge on any atom is 0.416 e. The first-order valence-electron chi connectivity index (χ1n) is 5.88. The number of rotatable bonds is 2. The summed E-state index contributed by atoms with van der Waals surface area (Å²) in [5, 5.41) is 3.12. The molecule has 0 aliphatic carbocycles. The van der Waals surface area contributed by atoms with Crippen molar-refractivity contribution in [2.75, 3.05) is 13.1 Å². The Labute approximate surface area is 107 Å². The van der Waals surface area contributed by atoms with Crippen LogP contribution in [0.4, 0.5) is 13.2 Å². The molecular weight excluding hydrogens is 257 g/mol. The van der Waals surface area contributed by atoms with Gasteiger partial charge < -0.3 is 9.73 Å². The zero-order valence-corrected chi connectivity index (χ0v) is 9.87. The molecule has 3 rings (SSSR count). The number of nitrogens with zero attached hydrogens (tertiary/aromatic N) is 1. The molecule has 0 spiro atoms. The second-order valence-corrected chi connectivity index (χ2v) is 4.50. The summed E-state index contributed by atoms with van der Waals surface area (Å²) in [6.07, 6.45) is -2.68. The maximum absolute atomic E-state index is 12.4. The molecule has 1 aliphatic rings. The number of alkyl halides is 3. The van der Waals surface area contributed by atoms with Gasteiger partial charge in [-0.05, 0) is 24.3 Å². The van der Waals surface area contributed by atoms with Gasteiger partial charge in [-0.2, -0.15) is 13.2 Å². The summed E-state index contributed by atoms with van der Waals surface area (Å²) in [5.41, 5.74) is -0.127. The van der Waals surface area contributed by atoms with Crippen LogP contribution in [0.15, 0.2) is 34.9 Å². The zero-order valence-electron chi connectivity index (χ0n) is 9.87. The van der Waals surface area contributed by atoms with Crippen molar-refractivity contribution in [3.8, 4) is 11.5 Å². The summed E-state index contributed by atoms with van der Waals surface area (Å²) in [6, 6.07) is 4.81. The van der Waals surface area contributed by atoms with Crippen LogP contribution in [0, 0.1) is 0 Å². The van der Waals surface area contributed by atoms with Crippen LogP contribution in [-0.4, -0.2) is 18.1 Å². The summed E-state index contributed by atoms with van der Waals surface area (Å²) in [5.74, 6) is 1.44. The molecule has 0 bridgehead atoms. The van der Waals surface area contributed by atoms with Crippen molar-refractivity contribution in [2.24, 2.45) is 0 Å². The average Bonchev–Trinajstić information content (AvgIpc) is 2.75. The van der Waals surface area contributed by atoms with Gasteiger partial charge in [0.2, 0.25) is 5.89 Å². The first-order valence-corrected chi connectivity index (χ1v) is 5.88. The quantitative estimate of drug-likeness (QED) is 0.909. The Morgan fingerprint density at radius 1 is 1.16 bits per heavy atom. The molecule has 19 heavy (non-hydrogen) atoms. The van der Waals surface area contributed by atoms with Crippen LogP contribution in [0.2, 0.25) is 0 Å². The second-order valence-electron chi connectivity index (χ2n) is 4.50. The fraction of sp³-hybridized carbons (Fsp3) is 0.308. The zero-order chi connectivity index (χ0) is 13.5. The van der Waals surface area contributed by atoms with Gasteiger partial charge in [0.15, 0.2) is 0 Å². The van der Waals surface area contributed by atoms with E-state index in [1.807, 2.05) is 0 Å². The SMILES string of the molecule is FC(F)(F)c1ccc(-c2ncc(C3CNC3)o2)cc1. The molecule has 0 saturated carbocycles. The summed E-state index contributed by atoms with van der Waals surface area (Å²) < 4.78 is 42.9. The summed E-state index contributed by atoms with van der Waals surface area (Å²) in [4.78, 5) is 4.11. The van der Waals surface area contributed by atoms with Gasteiger partial charge in [-0.15, -0.1) is 0 Å². The predicted octanol–water partition coefficient (Wildman–Crippen LogP) is 3.05. The molecule has 1 N–H and O–H groups in total. The van der Waals surface area contributed by atoms with Crippen LogP contribution in [-0.2, 0) is 6.18 Å². The Hall–Kier alpha value is -1.82. The first kappa shape index (κ1) is 12.2. The minimum absolute atomic E-state index is 0.315. The third-order valence-electron chi connectivity index (χ3n) is 3.17. The van der Waals surface area contributed by atoms with E-state index in [-0.39, 0.29) is 0 Å². The van der Waals surface area contributed by atoms with E-state index in [0.717, 1.165) is 31.0 Å². The van der Waals surface area contributed by atoms with Crippen LogP contribution < -0.4 is 5.32 Å². The van der Waals surface area contributed by atoms with E-state index in [2.05, 4.69) is 10.3 Å².